The van der Waals surface area contributed by atoms with Gasteiger partial charge in [0.1, 0.15) is 18.2 Å². The fourth-order valence-electron chi connectivity index (χ4n) is 4.33. The third kappa shape index (κ3) is 10.3. The second-order valence-electron chi connectivity index (χ2n) is 9.17. The number of hydrogen-bond donors (Lipinski definition) is 2. The van der Waals surface area contributed by atoms with Crippen LogP contribution >= 0.6 is 0 Å². The lowest BCUT2D eigenvalue weighted by atomic mass is 9.87. The van der Waals surface area contributed by atoms with Gasteiger partial charge in [0, 0.05) is 31.8 Å². The van der Waals surface area contributed by atoms with Gasteiger partial charge in [-0.25, -0.2) is 18.4 Å². The van der Waals surface area contributed by atoms with E-state index in [1.807, 2.05) is 54.6 Å². The third-order valence-electron chi connectivity index (χ3n) is 6.40. The molecular weight excluding hydrogens is 506 g/mol. The Morgan fingerprint density at radius 3 is 1.82 bits per heavy atom. The first-order valence-electron chi connectivity index (χ1n) is 12.7. The summed E-state index contributed by atoms with van der Waals surface area (Å²) in [6, 6.07) is 23.4. The molecule has 0 unspecified atom stereocenters. The number of piperidine rings is 1. The summed E-state index contributed by atoms with van der Waals surface area (Å²) in [5.41, 5.74) is 4.37. The minimum Gasteiger partial charge on any atom is -0.473 e. The SMILES string of the molecule is Fc1ccc(C(CCCN2CCC(=NOCc3ccccc3)CC2)c2ccc(F)cc2)cc1.O=C(O)C(=O)O. The number of nitrogens with zero attached hydrogens (tertiary/aromatic N) is 2. The minimum atomic E-state index is -1.82. The molecule has 2 N–H and O–H groups in total. The van der Waals surface area contributed by atoms with Crippen molar-refractivity contribution in [2.24, 2.45) is 5.16 Å². The molecule has 1 saturated heterocycles. The van der Waals surface area contributed by atoms with E-state index in [1.165, 1.54) is 24.3 Å². The van der Waals surface area contributed by atoms with Crippen molar-refractivity contribution < 1.29 is 33.4 Å². The molecule has 0 saturated carbocycles. The van der Waals surface area contributed by atoms with Crippen molar-refractivity contribution in [2.45, 2.75) is 38.2 Å². The molecule has 1 aliphatic heterocycles. The Labute approximate surface area is 226 Å². The standard InChI is InChI=1S/C28H30F2N2O.C2H2O4/c29-25-12-8-23(9-13-25)28(24-10-14-26(30)15-11-24)7-4-18-32-19-16-27(17-20-32)31-33-21-22-5-2-1-3-6-22;3-1(4)2(5)6/h1-3,5-6,8-15,28H,4,7,16-21H2;(H,3,4)(H,5,6). The number of oxime groups is 1. The number of carbonyl (C=O) groups is 2. The first-order valence-corrected chi connectivity index (χ1v) is 12.7. The molecule has 0 spiro atoms. The van der Waals surface area contributed by atoms with Crippen LogP contribution in [-0.4, -0.2) is 52.4 Å². The Morgan fingerprint density at radius 2 is 1.33 bits per heavy atom. The molecular formula is C30H32F2N2O5. The van der Waals surface area contributed by atoms with Crippen molar-refractivity contribution in [2.75, 3.05) is 19.6 Å². The fraction of sp³-hybridized carbons (Fsp3) is 0.300. The molecule has 0 atom stereocenters. The molecule has 4 rings (SSSR count). The topological polar surface area (TPSA) is 99.4 Å². The molecule has 206 valence electrons. The molecule has 0 aliphatic carbocycles. The average molecular weight is 539 g/mol. The lowest BCUT2D eigenvalue weighted by Crippen LogP contribution is -2.34. The summed E-state index contributed by atoms with van der Waals surface area (Å²) in [7, 11) is 0. The maximum Gasteiger partial charge on any atom is 0.414 e. The molecule has 1 heterocycles. The van der Waals surface area contributed by atoms with Gasteiger partial charge in [0.2, 0.25) is 0 Å². The van der Waals surface area contributed by atoms with Crippen molar-refractivity contribution in [3.05, 3.63) is 107 Å². The zero-order chi connectivity index (χ0) is 28.0. The number of carboxylic acid groups (broad SMARTS) is 2. The second kappa shape index (κ2) is 15.3. The number of rotatable bonds is 9. The van der Waals surface area contributed by atoms with Gasteiger partial charge in [-0.2, -0.15) is 0 Å². The van der Waals surface area contributed by atoms with E-state index in [4.69, 9.17) is 24.6 Å². The van der Waals surface area contributed by atoms with Crippen molar-refractivity contribution >= 4 is 17.7 Å². The highest BCUT2D eigenvalue weighted by molar-refractivity contribution is 6.27. The number of hydrogen-bond acceptors (Lipinski definition) is 5. The van der Waals surface area contributed by atoms with Crippen LogP contribution in [0.15, 0.2) is 84.0 Å². The molecule has 1 aliphatic rings. The molecule has 0 amide bonds. The van der Waals surface area contributed by atoms with Gasteiger partial charge >= 0.3 is 11.9 Å². The number of benzene rings is 3. The summed E-state index contributed by atoms with van der Waals surface area (Å²) in [6.45, 7) is 3.45. The minimum absolute atomic E-state index is 0.125. The first kappa shape index (κ1) is 29.4. The number of aliphatic carboxylic acids is 2. The Balaban J connectivity index is 0.000000631. The Bertz CT molecular complexity index is 1150. The molecule has 0 aromatic heterocycles. The summed E-state index contributed by atoms with van der Waals surface area (Å²) in [5, 5.41) is 19.1. The highest BCUT2D eigenvalue weighted by Crippen LogP contribution is 2.30. The van der Waals surface area contributed by atoms with E-state index in [2.05, 4.69) is 10.1 Å². The molecule has 7 nitrogen and oxygen atoms in total. The Morgan fingerprint density at radius 1 is 0.821 bits per heavy atom. The first-order chi connectivity index (χ1) is 18.8. The van der Waals surface area contributed by atoms with E-state index in [1.54, 1.807) is 0 Å². The van der Waals surface area contributed by atoms with Gasteiger partial charge in [0.15, 0.2) is 0 Å². The van der Waals surface area contributed by atoms with Crippen molar-refractivity contribution in [3.8, 4) is 0 Å². The lowest BCUT2D eigenvalue weighted by molar-refractivity contribution is -0.159. The smallest absolute Gasteiger partial charge is 0.414 e. The zero-order valence-electron chi connectivity index (χ0n) is 21.5. The molecule has 9 heteroatoms. The molecule has 1 fully saturated rings. The Kier molecular flexibility index (Phi) is 11.6. The summed E-state index contributed by atoms with van der Waals surface area (Å²) < 4.78 is 26.8. The molecule has 3 aromatic rings. The molecule has 0 radical (unpaired) electrons. The summed E-state index contributed by atoms with van der Waals surface area (Å²) in [4.78, 5) is 26.2. The van der Waals surface area contributed by atoms with E-state index >= 15 is 0 Å². The normalized spacial score (nSPS) is 13.4. The molecule has 39 heavy (non-hydrogen) atoms. The number of likely N-dealkylation sites (tertiary alicyclic amines) is 1. The highest BCUT2D eigenvalue weighted by atomic mass is 19.1. The van der Waals surface area contributed by atoms with Crippen molar-refractivity contribution in [1.29, 1.82) is 0 Å². The maximum atomic E-state index is 13.4. The van der Waals surface area contributed by atoms with Gasteiger partial charge in [-0.05, 0) is 60.3 Å². The van der Waals surface area contributed by atoms with Crippen molar-refractivity contribution in [1.82, 2.24) is 4.90 Å². The zero-order valence-corrected chi connectivity index (χ0v) is 21.5. The van der Waals surface area contributed by atoms with Crippen LogP contribution in [0.25, 0.3) is 0 Å². The van der Waals surface area contributed by atoms with Crippen LogP contribution in [0.4, 0.5) is 8.78 Å². The number of halogens is 2. The van der Waals surface area contributed by atoms with E-state index < -0.39 is 11.9 Å². The van der Waals surface area contributed by atoms with Crippen LogP contribution in [0.3, 0.4) is 0 Å². The highest BCUT2D eigenvalue weighted by Gasteiger charge is 2.18. The van der Waals surface area contributed by atoms with Gasteiger partial charge < -0.3 is 20.0 Å². The summed E-state index contributed by atoms with van der Waals surface area (Å²) in [6.07, 6.45) is 3.79. The van der Waals surface area contributed by atoms with Gasteiger partial charge in [0.05, 0.1) is 5.71 Å². The van der Waals surface area contributed by atoms with E-state index in [0.29, 0.717) is 6.61 Å². The van der Waals surface area contributed by atoms with Crippen LogP contribution < -0.4 is 0 Å². The second-order valence-corrected chi connectivity index (χ2v) is 9.17. The lowest BCUT2D eigenvalue weighted by Gasteiger charge is -2.28. The van der Waals surface area contributed by atoms with Gasteiger partial charge in [-0.15, -0.1) is 0 Å². The summed E-state index contributed by atoms with van der Waals surface area (Å²) in [5.74, 6) is -4.00. The van der Waals surface area contributed by atoms with Crippen LogP contribution in [0.5, 0.6) is 0 Å². The fourth-order valence-corrected chi connectivity index (χ4v) is 4.33. The number of carboxylic acids is 2. The van der Waals surface area contributed by atoms with E-state index in [-0.39, 0.29) is 17.6 Å². The quantitative estimate of drug-likeness (QED) is 0.268. The molecule has 3 aromatic carbocycles. The van der Waals surface area contributed by atoms with Crippen molar-refractivity contribution in [3.63, 3.8) is 0 Å². The molecule has 0 bridgehead atoms. The van der Waals surface area contributed by atoms with Crippen LogP contribution in [0.1, 0.15) is 48.3 Å². The monoisotopic (exact) mass is 538 g/mol. The van der Waals surface area contributed by atoms with Crippen LogP contribution in [-0.2, 0) is 21.0 Å². The van der Waals surface area contributed by atoms with Gasteiger partial charge in [0.25, 0.3) is 0 Å². The largest absolute Gasteiger partial charge is 0.473 e. The predicted molar refractivity (Wildman–Crippen MR) is 143 cm³/mol. The van der Waals surface area contributed by atoms with Gasteiger partial charge in [-0.3, -0.25) is 0 Å². The van der Waals surface area contributed by atoms with E-state index in [9.17, 15) is 8.78 Å². The predicted octanol–water partition coefficient (Wildman–Crippen LogP) is 5.70. The van der Waals surface area contributed by atoms with Gasteiger partial charge in [-0.1, -0.05) is 59.8 Å². The van der Waals surface area contributed by atoms with Crippen LogP contribution in [0, 0.1) is 11.6 Å². The van der Waals surface area contributed by atoms with E-state index in [0.717, 1.165) is 67.7 Å². The average Bonchev–Trinajstić information content (AvgIpc) is 2.94. The maximum absolute atomic E-state index is 13.4. The third-order valence-corrected chi connectivity index (χ3v) is 6.40. The Hall–Kier alpha value is -4.11. The van der Waals surface area contributed by atoms with Crippen LogP contribution in [0.2, 0.25) is 0 Å². The summed E-state index contributed by atoms with van der Waals surface area (Å²) >= 11 is 0.